The molecular weight excluding hydrogens is 367 g/mol. The Bertz CT molecular complexity index is 1200. The summed E-state index contributed by atoms with van der Waals surface area (Å²) in [6, 6.07) is 13.0. The van der Waals surface area contributed by atoms with Crippen molar-refractivity contribution in [2.24, 2.45) is 0 Å². The molecule has 2 aromatic carbocycles. The molecule has 0 saturated heterocycles. The summed E-state index contributed by atoms with van der Waals surface area (Å²) in [5.41, 5.74) is 5.18. The number of nitrogens with zero attached hydrogens (tertiary/aromatic N) is 3. The second kappa shape index (κ2) is 6.88. The number of benzene rings is 2. The van der Waals surface area contributed by atoms with Gasteiger partial charge in [0.25, 0.3) is 5.91 Å². The quantitative estimate of drug-likeness (QED) is 0.568. The van der Waals surface area contributed by atoms with Crippen molar-refractivity contribution in [1.29, 1.82) is 0 Å². The van der Waals surface area contributed by atoms with E-state index < -0.39 is 5.82 Å². The van der Waals surface area contributed by atoms with E-state index >= 15 is 0 Å². The Labute approximate surface area is 167 Å². The van der Waals surface area contributed by atoms with Crippen molar-refractivity contribution in [3.63, 3.8) is 0 Å². The zero-order valence-electron chi connectivity index (χ0n) is 16.2. The molecule has 0 saturated carbocycles. The van der Waals surface area contributed by atoms with Crippen LogP contribution >= 0.6 is 0 Å². The number of hydrogen-bond donors (Lipinski definition) is 1. The van der Waals surface area contributed by atoms with E-state index in [0.29, 0.717) is 19.5 Å². The van der Waals surface area contributed by atoms with Crippen LogP contribution in [0.5, 0.6) is 0 Å². The lowest BCUT2D eigenvalue weighted by Crippen LogP contribution is -2.27. The molecule has 5 rings (SSSR count). The number of hydrogen-bond acceptors (Lipinski definition) is 2. The van der Waals surface area contributed by atoms with Gasteiger partial charge in [-0.1, -0.05) is 18.2 Å². The summed E-state index contributed by atoms with van der Waals surface area (Å²) >= 11 is 0. The van der Waals surface area contributed by atoms with E-state index in [0.717, 1.165) is 39.8 Å². The molecule has 0 radical (unpaired) electrons. The van der Waals surface area contributed by atoms with Crippen LogP contribution in [0.2, 0.25) is 0 Å². The number of fused-ring (bicyclic) bond motifs is 2. The predicted molar refractivity (Wildman–Crippen MR) is 109 cm³/mol. The first-order valence-corrected chi connectivity index (χ1v) is 9.80. The second-order valence-corrected chi connectivity index (χ2v) is 7.46. The van der Waals surface area contributed by atoms with Gasteiger partial charge in [0, 0.05) is 41.9 Å². The molecule has 146 valence electrons. The molecule has 0 spiro atoms. The molecule has 1 aliphatic heterocycles. The molecule has 2 aromatic heterocycles. The zero-order valence-corrected chi connectivity index (χ0v) is 16.2. The fourth-order valence-electron chi connectivity index (χ4n) is 4.06. The summed E-state index contributed by atoms with van der Waals surface area (Å²) in [5, 5.41) is 5.62. The molecule has 5 nitrogen and oxygen atoms in total. The maximum absolute atomic E-state index is 14.5. The van der Waals surface area contributed by atoms with Crippen molar-refractivity contribution in [2.45, 2.75) is 33.0 Å². The molecule has 3 heterocycles. The van der Waals surface area contributed by atoms with Gasteiger partial charge >= 0.3 is 0 Å². The van der Waals surface area contributed by atoms with Crippen LogP contribution in [0.15, 0.2) is 54.9 Å². The van der Waals surface area contributed by atoms with Crippen LogP contribution in [0.4, 0.5) is 4.39 Å². The zero-order chi connectivity index (χ0) is 20.0. The highest BCUT2D eigenvalue weighted by molar-refractivity contribution is 5.95. The molecule has 0 fully saturated rings. The molecule has 1 aliphatic rings. The third kappa shape index (κ3) is 3.10. The van der Waals surface area contributed by atoms with Gasteiger partial charge in [0.1, 0.15) is 5.82 Å². The molecular formula is C23H21FN4O. The topological polar surface area (TPSA) is 53.9 Å². The average molecular weight is 388 g/mol. The molecule has 0 atom stereocenters. The standard InChI is InChI=1S/C23H21FN4O/c1-2-28-13-17-12-27(14-22(17)26-28)23(29)19-11-15(6-7-20(19)24)10-16-4-3-5-21-18(16)8-9-25-21/h3-9,11,13,25H,2,10,12,14H2,1H3. The minimum atomic E-state index is -0.484. The molecule has 29 heavy (non-hydrogen) atoms. The van der Waals surface area contributed by atoms with Crippen molar-refractivity contribution >= 4 is 16.8 Å². The molecule has 0 unspecified atom stereocenters. The maximum atomic E-state index is 14.5. The van der Waals surface area contributed by atoms with Crippen molar-refractivity contribution < 1.29 is 9.18 Å². The number of halogens is 1. The first-order valence-electron chi connectivity index (χ1n) is 9.80. The number of carbonyl (C=O) groups is 1. The minimum Gasteiger partial charge on any atom is -0.361 e. The highest BCUT2D eigenvalue weighted by atomic mass is 19.1. The van der Waals surface area contributed by atoms with Crippen LogP contribution in [-0.2, 0) is 26.1 Å². The van der Waals surface area contributed by atoms with Crippen molar-refractivity contribution in [2.75, 3.05) is 0 Å². The highest BCUT2D eigenvalue weighted by Gasteiger charge is 2.28. The van der Waals surface area contributed by atoms with Crippen LogP contribution in [0.3, 0.4) is 0 Å². The Balaban J connectivity index is 1.40. The van der Waals surface area contributed by atoms with Gasteiger partial charge in [-0.05, 0) is 48.7 Å². The number of carbonyl (C=O) groups excluding carboxylic acids is 1. The summed E-state index contributed by atoms with van der Waals surface area (Å²) in [5.74, 6) is -0.771. The number of aromatic nitrogens is 3. The van der Waals surface area contributed by atoms with Crippen LogP contribution in [0.1, 0.15) is 39.7 Å². The smallest absolute Gasteiger partial charge is 0.257 e. The Morgan fingerprint density at radius 2 is 2.10 bits per heavy atom. The van der Waals surface area contributed by atoms with E-state index in [4.69, 9.17) is 0 Å². The molecule has 0 bridgehead atoms. The second-order valence-electron chi connectivity index (χ2n) is 7.46. The van der Waals surface area contributed by atoms with E-state index in [2.05, 4.69) is 16.1 Å². The van der Waals surface area contributed by atoms with Crippen LogP contribution in [0.25, 0.3) is 10.9 Å². The van der Waals surface area contributed by atoms with Crippen molar-refractivity contribution in [1.82, 2.24) is 19.7 Å². The Kier molecular flexibility index (Phi) is 4.19. The van der Waals surface area contributed by atoms with Gasteiger partial charge in [0.05, 0.1) is 17.8 Å². The van der Waals surface area contributed by atoms with E-state index in [1.165, 1.54) is 6.07 Å². The van der Waals surface area contributed by atoms with E-state index in [-0.39, 0.29) is 11.5 Å². The van der Waals surface area contributed by atoms with Gasteiger partial charge in [0.2, 0.25) is 0 Å². The summed E-state index contributed by atoms with van der Waals surface area (Å²) in [7, 11) is 0. The Morgan fingerprint density at radius 1 is 1.21 bits per heavy atom. The number of aromatic amines is 1. The molecule has 6 heteroatoms. The van der Waals surface area contributed by atoms with Gasteiger partial charge in [-0.25, -0.2) is 4.39 Å². The molecule has 0 aliphatic carbocycles. The van der Waals surface area contributed by atoms with Gasteiger partial charge < -0.3 is 9.88 Å². The number of aryl methyl sites for hydroxylation is 1. The third-order valence-electron chi connectivity index (χ3n) is 5.58. The maximum Gasteiger partial charge on any atom is 0.257 e. The monoisotopic (exact) mass is 388 g/mol. The first kappa shape index (κ1) is 17.7. The molecule has 1 N–H and O–H groups in total. The Hall–Kier alpha value is -3.41. The van der Waals surface area contributed by atoms with Crippen molar-refractivity contribution in [3.05, 3.63) is 88.6 Å². The van der Waals surface area contributed by atoms with Crippen LogP contribution in [-0.4, -0.2) is 25.6 Å². The van der Waals surface area contributed by atoms with E-state index in [1.807, 2.05) is 42.2 Å². The Morgan fingerprint density at radius 3 is 2.93 bits per heavy atom. The minimum absolute atomic E-state index is 0.122. The van der Waals surface area contributed by atoms with Crippen LogP contribution in [0, 0.1) is 5.82 Å². The summed E-state index contributed by atoms with van der Waals surface area (Å²) in [6.45, 7) is 3.72. The number of nitrogens with one attached hydrogen (secondary N) is 1. The first-order chi connectivity index (χ1) is 14.1. The molecule has 4 aromatic rings. The van der Waals surface area contributed by atoms with Gasteiger partial charge in [-0.3, -0.25) is 9.48 Å². The SMILES string of the molecule is CCn1cc2c(n1)CN(C(=O)c1cc(Cc3cccc4[nH]ccc34)ccc1F)C2. The summed E-state index contributed by atoms with van der Waals surface area (Å²) < 4.78 is 16.4. The fourth-order valence-corrected chi connectivity index (χ4v) is 4.06. The van der Waals surface area contributed by atoms with Gasteiger partial charge in [-0.15, -0.1) is 0 Å². The van der Waals surface area contributed by atoms with Gasteiger partial charge in [0.15, 0.2) is 0 Å². The van der Waals surface area contributed by atoms with Crippen molar-refractivity contribution in [3.8, 4) is 0 Å². The van der Waals surface area contributed by atoms with E-state index in [1.54, 1.807) is 17.0 Å². The van der Waals surface area contributed by atoms with E-state index in [9.17, 15) is 9.18 Å². The molecule has 1 amide bonds. The normalized spacial score (nSPS) is 13.2. The largest absolute Gasteiger partial charge is 0.361 e. The van der Waals surface area contributed by atoms with Crippen LogP contribution < -0.4 is 0 Å². The summed E-state index contributed by atoms with van der Waals surface area (Å²) in [4.78, 5) is 17.9. The predicted octanol–water partition coefficient (Wildman–Crippen LogP) is 4.27. The number of H-pyrrole nitrogens is 1. The third-order valence-corrected chi connectivity index (χ3v) is 5.58. The lowest BCUT2D eigenvalue weighted by atomic mass is 9.99. The lowest BCUT2D eigenvalue weighted by Gasteiger charge is -2.17. The fraction of sp³-hybridized carbons (Fsp3) is 0.217. The number of rotatable bonds is 4. The average Bonchev–Trinajstić information content (AvgIpc) is 3.43. The number of amides is 1. The van der Waals surface area contributed by atoms with Gasteiger partial charge in [-0.2, -0.15) is 5.10 Å². The summed E-state index contributed by atoms with van der Waals surface area (Å²) in [6.07, 6.45) is 4.51. The lowest BCUT2D eigenvalue weighted by molar-refractivity contribution is 0.0744. The highest BCUT2D eigenvalue weighted by Crippen LogP contribution is 2.26.